The molecule has 0 radical (unpaired) electrons. The molecule has 1 aromatic rings. The molecule has 1 amide bonds. The highest BCUT2D eigenvalue weighted by atomic mass is 32.2. The second-order valence-corrected chi connectivity index (χ2v) is 6.14. The fourth-order valence-electron chi connectivity index (χ4n) is 1.89. The number of carbonyl (C=O) groups is 1. The Labute approximate surface area is 115 Å². The number of hydrogen-bond donors (Lipinski definition) is 2. The summed E-state index contributed by atoms with van der Waals surface area (Å²) in [5.74, 6) is 1.86. The highest BCUT2D eigenvalue weighted by molar-refractivity contribution is 7.99. The van der Waals surface area contributed by atoms with Crippen LogP contribution in [0.15, 0.2) is 16.8 Å². The first kappa shape index (κ1) is 13.9. The zero-order chi connectivity index (χ0) is 12.8. The number of thioether (sulfide) groups is 1. The molecule has 1 aliphatic rings. The van der Waals surface area contributed by atoms with E-state index in [-0.39, 0.29) is 18.1 Å². The number of aliphatic hydroxyl groups is 1. The predicted octanol–water partition coefficient (Wildman–Crippen LogP) is 1.36. The lowest BCUT2D eigenvalue weighted by molar-refractivity contribution is -0.0378. The van der Waals surface area contributed by atoms with E-state index in [1.54, 1.807) is 0 Å². The number of thiophene rings is 1. The van der Waals surface area contributed by atoms with E-state index in [4.69, 9.17) is 9.84 Å². The lowest BCUT2D eigenvalue weighted by Crippen LogP contribution is -2.45. The average molecular weight is 287 g/mol. The van der Waals surface area contributed by atoms with Crippen LogP contribution in [-0.4, -0.2) is 47.9 Å². The van der Waals surface area contributed by atoms with Crippen molar-refractivity contribution < 1.29 is 14.6 Å². The molecule has 1 saturated heterocycles. The highest BCUT2D eigenvalue weighted by Crippen LogP contribution is 2.30. The summed E-state index contributed by atoms with van der Waals surface area (Å²) in [6.07, 6.45) is 0.918. The average Bonchev–Trinajstić information content (AvgIpc) is 3.05. The summed E-state index contributed by atoms with van der Waals surface area (Å²) in [5.41, 5.74) is 0.391. The van der Waals surface area contributed by atoms with Gasteiger partial charge in [-0.15, -0.1) is 0 Å². The van der Waals surface area contributed by atoms with Crippen LogP contribution in [0, 0.1) is 0 Å². The van der Waals surface area contributed by atoms with Gasteiger partial charge < -0.3 is 15.2 Å². The van der Waals surface area contributed by atoms with E-state index >= 15 is 0 Å². The van der Waals surface area contributed by atoms with Crippen molar-refractivity contribution >= 4 is 29.0 Å². The molecule has 1 aromatic heterocycles. The molecule has 1 atom stereocenters. The van der Waals surface area contributed by atoms with Gasteiger partial charge in [-0.05, 0) is 23.6 Å². The van der Waals surface area contributed by atoms with Gasteiger partial charge in [0.05, 0.1) is 18.8 Å². The Kier molecular flexibility index (Phi) is 5.05. The van der Waals surface area contributed by atoms with Crippen molar-refractivity contribution in [1.82, 2.24) is 5.32 Å². The Bertz CT molecular complexity index is 375. The molecule has 4 nitrogen and oxygen atoms in total. The quantitative estimate of drug-likeness (QED) is 0.829. The fraction of sp³-hybridized carbons (Fsp3) is 0.583. The van der Waals surface area contributed by atoms with Gasteiger partial charge in [-0.25, -0.2) is 0 Å². The van der Waals surface area contributed by atoms with E-state index in [0.717, 1.165) is 17.9 Å². The van der Waals surface area contributed by atoms with E-state index in [1.807, 2.05) is 28.6 Å². The maximum absolute atomic E-state index is 11.9. The van der Waals surface area contributed by atoms with Crippen molar-refractivity contribution in [2.75, 3.05) is 31.3 Å². The lowest BCUT2D eigenvalue weighted by atomic mass is 10.0. The molecule has 2 rings (SSSR count). The van der Waals surface area contributed by atoms with Gasteiger partial charge in [0.25, 0.3) is 5.91 Å². The normalized spacial score (nSPS) is 23.2. The Balaban J connectivity index is 1.88. The maximum atomic E-state index is 11.9. The van der Waals surface area contributed by atoms with Crippen molar-refractivity contribution in [1.29, 1.82) is 0 Å². The van der Waals surface area contributed by atoms with Gasteiger partial charge in [0.15, 0.2) is 0 Å². The van der Waals surface area contributed by atoms with Gasteiger partial charge in [-0.1, -0.05) is 0 Å². The van der Waals surface area contributed by atoms with Gasteiger partial charge in [0, 0.05) is 23.2 Å². The van der Waals surface area contributed by atoms with E-state index in [0.29, 0.717) is 18.7 Å². The third-order valence-electron chi connectivity index (χ3n) is 2.92. The Morgan fingerprint density at radius 2 is 2.50 bits per heavy atom. The van der Waals surface area contributed by atoms with Crippen LogP contribution in [0.4, 0.5) is 0 Å². The van der Waals surface area contributed by atoms with Crippen LogP contribution < -0.4 is 5.32 Å². The first-order valence-corrected chi connectivity index (χ1v) is 7.98. The van der Waals surface area contributed by atoms with Crippen molar-refractivity contribution in [2.24, 2.45) is 0 Å². The Morgan fingerprint density at radius 3 is 3.11 bits per heavy atom. The summed E-state index contributed by atoms with van der Waals surface area (Å²) < 4.78 is 5.72. The molecular weight excluding hydrogens is 270 g/mol. The van der Waals surface area contributed by atoms with Crippen LogP contribution in [0.3, 0.4) is 0 Å². The monoisotopic (exact) mass is 287 g/mol. The summed E-state index contributed by atoms with van der Waals surface area (Å²) in [7, 11) is 0. The molecular formula is C12H17NO3S2. The third-order valence-corrected chi connectivity index (χ3v) is 4.83. The number of nitrogens with one attached hydrogen (secondary N) is 1. The zero-order valence-corrected chi connectivity index (χ0v) is 11.7. The van der Waals surface area contributed by atoms with E-state index in [2.05, 4.69) is 5.32 Å². The Morgan fingerprint density at radius 1 is 1.61 bits per heavy atom. The van der Waals surface area contributed by atoms with Crippen LogP contribution >= 0.6 is 23.1 Å². The molecule has 0 spiro atoms. The molecule has 1 fully saturated rings. The second-order valence-electron chi connectivity index (χ2n) is 4.25. The summed E-state index contributed by atoms with van der Waals surface area (Å²) in [4.78, 5) is 11.9. The second kappa shape index (κ2) is 6.56. The topological polar surface area (TPSA) is 58.6 Å². The smallest absolute Gasteiger partial charge is 0.252 e. The molecule has 6 heteroatoms. The van der Waals surface area contributed by atoms with Crippen molar-refractivity contribution in [3.63, 3.8) is 0 Å². The van der Waals surface area contributed by atoms with Crippen LogP contribution in [0.5, 0.6) is 0 Å². The molecule has 1 unspecified atom stereocenters. The number of hydrogen-bond acceptors (Lipinski definition) is 5. The molecule has 0 aromatic carbocycles. The molecule has 1 aliphatic heterocycles. The minimum Gasteiger partial charge on any atom is -0.394 e. The van der Waals surface area contributed by atoms with Crippen molar-refractivity contribution in [3.8, 4) is 0 Å². The lowest BCUT2D eigenvalue weighted by Gasteiger charge is -2.28. The first-order valence-electron chi connectivity index (χ1n) is 5.89. The zero-order valence-electron chi connectivity index (χ0n) is 10.1. The summed E-state index contributed by atoms with van der Waals surface area (Å²) in [5, 5.41) is 15.5. The summed E-state index contributed by atoms with van der Waals surface area (Å²) in [6, 6.07) is 1.81. The van der Waals surface area contributed by atoms with E-state index in [1.165, 1.54) is 11.3 Å². The van der Waals surface area contributed by atoms with E-state index in [9.17, 15) is 4.79 Å². The molecule has 0 bridgehead atoms. The maximum Gasteiger partial charge on any atom is 0.252 e. The fourth-order valence-corrected chi connectivity index (χ4v) is 3.89. The molecule has 0 saturated carbocycles. The number of aliphatic hydroxyl groups excluding tert-OH is 1. The molecule has 0 aliphatic carbocycles. The highest BCUT2D eigenvalue weighted by Gasteiger charge is 2.35. The number of carbonyl (C=O) groups excluding carboxylic acids is 1. The van der Waals surface area contributed by atoms with Gasteiger partial charge in [-0.3, -0.25) is 4.79 Å². The van der Waals surface area contributed by atoms with Gasteiger partial charge in [0.1, 0.15) is 0 Å². The summed E-state index contributed by atoms with van der Waals surface area (Å²) >= 11 is 3.33. The standard InChI is InChI=1S/C12H17NO3S2/c14-3-4-16-12(2-6-18-9-12)8-13-11(15)10-1-5-17-7-10/h1,5,7,14H,2-4,6,8-9H2,(H,13,15). The number of rotatable bonds is 6. The minimum absolute atomic E-state index is 0.0187. The molecule has 2 heterocycles. The van der Waals surface area contributed by atoms with E-state index < -0.39 is 0 Å². The minimum atomic E-state index is -0.306. The van der Waals surface area contributed by atoms with Gasteiger partial charge in [-0.2, -0.15) is 23.1 Å². The van der Waals surface area contributed by atoms with Crippen molar-refractivity contribution in [3.05, 3.63) is 22.4 Å². The SMILES string of the molecule is O=C(NCC1(OCCO)CCSC1)c1ccsc1. The first-order chi connectivity index (χ1) is 8.76. The Hall–Kier alpha value is -0.560. The number of ether oxygens (including phenoxy) is 1. The largest absolute Gasteiger partial charge is 0.394 e. The molecule has 2 N–H and O–H groups in total. The third kappa shape index (κ3) is 3.47. The van der Waals surface area contributed by atoms with Crippen LogP contribution in [-0.2, 0) is 4.74 Å². The molecule has 18 heavy (non-hydrogen) atoms. The van der Waals surface area contributed by atoms with Crippen molar-refractivity contribution in [2.45, 2.75) is 12.0 Å². The molecule has 100 valence electrons. The van der Waals surface area contributed by atoms with Crippen LogP contribution in [0.25, 0.3) is 0 Å². The van der Waals surface area contributed by atoms with Crippen LogP contribution in [0.1, 0.15) is 16.8 Å². The van der Waals surface area contributed by atoms with Crippen LogP contribution in [0.2, 0.25) is 0 Å². The van der Waals surface area contributed by atoms with Gasteiger partial charge in [0.2, 0.25) is 0 Å². The van der Waals surface area contributed by atoms with Gasteiger partial charge >= 0.3 is 0 Å². The number of amides is 1. The predicted molar refractivity (Wildman–Crippen MR) is 74.4 cm³/mol. The summed E-state index contributed by atoms with van der Waals surface area (Å²) in [6.45, 7) is 0.856.